The first-order chi connectivity index (χ1) is 11.0. The van der Waals surface area contributed by atoms with Crippen molar-refractivity contribution in [1.29, 1.82) is 0 Å². The standard InChI is InChI=1S/C17H24ClFN4/c1-12(2)10-21-17(20)22-11-15(23-8-3-4-9-23)16-13(18)6-5-7-14(16)19/h5-7,15H,1,3-4,8-11H2,2H3,(H3,20,21,22). The number of halogens is 2. The minimum atomic E-state index is -0.293. The molecular formula is C17H24ClFN4. The molecule has 0 bridgehead atoms. The molecule has 0 saturated carbocycles. The summed E-state index contributed by atoms with van der Waals surface area (Å²) in [6.07, 6.45) is 2.21. The maximum absolute atomic E-state index is 14.3. The number of rotatable bonds is 6. The van der Waals surface area contributed by atoms with Crippen LogP contribution in [0.1, 0.15) is 31.4 Å². The van der Waals surface area contributed by atoms with Gasteiger partial charge in [0.15, 0.2) is 5.96 Å². The number of hydrogen-bond donors (Lipinski definition) is 2. The smallest absolute Gasteiger partial charge is 0.188 e. The molecule has 1 unspecified atom stereocenters. The summed E-state index contributed by atoms with van der Waals surface area (Å²) in [6.45, 7) is 8.50. The Hall–Kier alpha value is -1.59. The molecule has 23 heavy (non-hydrogen) atoms. The molecule has 126 valence electrons. The lowest BCUT2D eigenvalue weighted by Crippen LogP contribution is -2.35. The summed E-state index contributed by atoms with van der Waals surface area (Å²) in [6, 6.07) is 4.58. The highest BCUT2D eigenvalue weighted by atomic mass is 35.5. The van der Waals surface area contributed by atoms with Gasteiger partial charge in [0, 0.05) is 17.1 Å². The average Bonchev–Trinajstić information content (AvgIpc) is 3.02. The summed E-state index contributed by atoms with van der Waals surface area (Å²) in [5, 5.41) is 3.43. The largest absolute Gasteiger partial charge is 0.370 e. The fourth-order valence-electron chi connectivity index (χ4n) is 2.75. The topological polar surface area (TPSA) is 53.6 Å². The molecule has 1 atom stereocenters. The molecular weight excluding hydrogens is 315 g/mol. The van der Waals surface area contributed by atoms with Crippen molar-refractivity contribution in [3.05, 3.63) is 46.8 Å². The summed E-state index contributed by atoms with van der Waals surface area (Å²) in [4.78, 5) is 6.60. The molecule has 1 saturated heterocycles. The van der Waals surface area contributed by atoms with E-state index in [9.17, 15) is 4.39 Å². The number of likely N-dealkylation sites (tertiary alicyclic amines) is 1. The van der Waals surface area contributed by atoms with Gasteiger partial charge in [0.2, 0.25) is 0 Å². The van der Waals surface area contributed by atoms with Crippen molar-refractivity contribution in [2.24, 2.45) is 10.7 Å². The van der Waals surface area contributed by atoms with Gasteiger partial charge in [0.1, 0.15) is 5.82 Å². The molecule has 1 fully saturated rings. The molecule has 1 heterocycles. The number of nitrogens with one attached hydrogen (secondary N) is 1. The van der Waals surface area contributed by atoms with Gasteiger partial charge in [0.25, 0.3) is 0 Å². The van der Waals surface area contributed by atoms with Crippen molar-refractivity contribution in [1.82, 2.24) is 10.2 Å². The van der Waals surface area contributed by atoms with E-state index in [0.29, 0.717) is 29.6 Å². The Morgan fingerprint density at radius 3 is 2.78 bits per heavy atom. The zero-order valence-electron chi connectivity index (χ0n) is 13.5. The van der Waals surface area contributed by atoms with Crippen LogP contribution in [0.25, 0.3) is 0 Å². The third kappa shape index (κ3) is 4.94. The Bertz CT molecular complexity index is 562. The highest BCUT2D eigenvalue weighted by Gasteiger charge is 2.27. The second-order valence-corrected chi connectivity index (χ2v) is 6.34. The van der Waals surface area contributed by atoms with E-state index in [4.69, 9.17) is 17.3 Å². The van der Waals surface area contributed by atoms with Gasteiger partial charge in [-0.1, -0.05) is 29.8 Å². The molecule has 1 aliphatic heterocycles. The minimum Gasteiger partial charge on any atom is -0.370 e. The Kier molecular flexibility index (Phi) is 6.42. The second kappa shape index (κ2) is 8.31. The predicted molar refractivity (Wildman–Crippen MR) is 94.3 cm³/mol. The van der Waals surface area contributed by atoms with Crippen molar-refractivity contribution in [3.63, 3.8) is 0 Å². The lowest BCUT2D eigenvalue weighted by molar-refractivity contribution is 0.246. The summed E-state index contributed by atoms with van der Waals surface area (Å²) in [5.74, 6) is 0.0442. The van der Waals surface area contributed by atoms with E-state index in [0.717, 1.165) is 31.5 Å². The molecule has 1 aromatic carbocycles. The molecule has 0 aliphatic carbocycles. The van der Waals surface area contributed by atoms with Gasteiger partial charge in [0.05, 0.1) is 12.6 Å². The molecule has 1 aliphatic rings. The van der Waals surface area contributed by atoms with Gasteiger partial charge in [-0.2, -0.15) is 0 Å². The molecule has 4 nitrogen and oxygen atoms in total. The van der Waals surface area contributed by atoms with E-state index in [-0.39, 0.29) is 11.9 Å². The highest BCUT2D eigenvalue weighted by molar-refractivity contribution is 6.31. The van der Waals surface area contributed by atoms with Crippen LogP contribution in [0, 0.1) is 5.82 Å². The number of nitrogens with two attached hydrogens (primary N) is 1. The maximum atomic E-state index is 14.3. The highest BCUT2D eigenvalue weighted by Crippen LogP contribution is 2.32. The first kappa shape index (κ1) is 17.8. The van der Waals surface area contributed by atoms with Crippen LogP contribution < -0.4 is 11.1 Å². The lowest BCUT2D eigenvalue weighted by Gasteiger charge is -2.27. The van der Waals surface area contributed by atoms with Crippen LogP contribution in [0.5, 0.6) is 0 Å². The third-order valence-electron chi connectivity index (χ3n) is 3.92. The second-order valence-electron chi connectivity index (χ2n) is 5.93. The monoisotopic (exact) mass is 338 g/mol. The Labute approximate surface area is 142 Å². The van der Waals surface area contributed by atoms with Gasteiger partial charge in [-0.25, -0.2) is 4.39 Å². The molecule has 2 rings (SSSR count). The summed E-state index contributed by atoms with van der Waals surface area (Å²) in [5.41, 5.74) is 7.35. The van der Waals surface area contributed by atoms with Gasteiger partial charge >= 0.3 is 0 Å². The zero-order chi connectivity index (χ0) is 16.8. The van der Waals surface area contributed by atoms with E-state index in [1.807, 2.05) is 6.92 Å². The van der Waals surface area contributed by atoms with Crippen LogP contribution in [-0.4, -0.2) is 37.0 Å². The number of hydrogen-bond acceptors (Lipinski definition) is 2. The van der Waals surface area contributed by atoms with Gasteiger partial charge in [-0.3, -0.25) is 9.89 Å². The number of nitrogens with zero attached hydrogens (tertiary/aromatic N) is 2. The van der Waals surface area contributed by atoms with Gasteiger partial charge in [-0.05, 0) is 45.0 Å². The van der Waals surface area contributed by atoms with Crippen molar-refractivity contribution in [2.45, 2.75) is 25.8 Å². The normalized spacial score (nSPS) is 17.3. The first-order valence-corrected chi connectivity index (χ1v) is 8.23. The third-order valence-corrected chi connectivity index (χ3v) is 4.25. The van der Waals surface area contributed by atoms with Crippen molar-refractivity contribution < 1.29 is 4.39 Å². The molecule has 0 radical (unpaired) electrons. The fourth-order valence-corrected chi connectivity index (χ4v) is 3.04. The van der Waals surface area contributed by atoms with Crippen molar-refractivity contribution >= 4 is 17.6 Å². The predicted octanol–water partition coefficient (Wildman–Crippen LogP) is 3.10. The summed E-state index contributed by atoms with van der Waals surface area (Å²) in [7, 11) is 0. The lowest BCUT2D eigenvalue weighted by atomic mass is 10.0. The van der Waals surface area contributed by atoms with Crippen LogP contribution in [0.4, 0.5) is 4.39 Å². The number of guanidine groups is 1. The summed E-state index contributed by atoms with van der Waals surface area (Å²) < 4.78 is 14.3. The Balaban J connectivity index is 2.18. The number of aliphatic imine (C=N–C) groups is 1. The molecule has 3 N–H and O–H groups in total. The maximum Gasteiger partial charge on any atom is 0.188 e. The van der Waals surface area contributed by atoms with Crippen molar-refractivity contribution in [2.75, 3.05) is 26.2 Å². The Morgan fingerprint density at radius 2 is 2.17 bits per heavy atom. The van der Waals surface area contributed by atoms with Crippen LogP contribution in [0.15, 0.2) is 35.3 Å². The number of benzene rings is 1. The van der Waals surface area contributed by atoms with E-state index < -0.39 is 0 Å². The SMILES string of the molecule is C=C(C)CNC(N)=NCC(c1c(F)cccc1Cl)N1CCCC1. The first-order valence-electron chi connectivity index (χ1n) is 7.85. The van der Waals surface area contributed by atoms with Gasteiger partial charge in [-0.15, -0.1) is 0 Å². The zero-order valence-corrected chi connectivity index (χ0v) is 14.2. The summed E-state index contributed by atoms with van der Waals surface area (Å²) >= 11 is 6.25. The molecule has 0 aromatic heterocycles. The quantitative estimate of drug-likeness (QED) is 0.476. The van der Waals surface area contributed by atoms with Crippen LogP contribution >= 0.6 is 11.6 Å². The van der Waals surface area contributed by atoms with E-state index in [2.05, 4.69) is 21.8 Å². The van der Waals surface area contributed by atoms with E-state index in [1.165, 1.54) is 6.07 Å². The van der Waals surface area contributed by atoms with E-state index in [1.54, 1.807) is 12.1 Å². The minimum absolute atomic E-state index is 0.198. The molecule has 1 aromatic rings. The molecule has 0 spiro atoms. The van der Waals surface area contributed by atoms with Crippen LogP contribution in [-0.2, 0) is 0 Å². The van der Waals surface area contributed by atoms with Gasteiger partial charge < -0.3 is 11.1 Å². The molecule has 0 amide bonds. The van der Waals surface area contributed by atoms with Crippen LogP contribution in [0.2, 0.25) is 5.02 Å². The van der Waals surface area contributed by atoms with E-state index >= 15 is 0 Å². The van der Waals surface area contributed by atoms with Crippen molar-refractivity contribution in [3.8, 4) is 0 Å². The average molecular weight is 339 g/mol. The fraction of sp³-hybridized carbons (Fsp3) is 0.471. The Morgan fingerprint density at radius 1 is 1.48 bits per heavy atom. The molecule has 6 heteroatoms. The van der Waals surface area contributed by atoms with Crippen LogP contribution in [0.3, 0.4) is 0 Å².